The van der Waals surface area contributed by atoms with Crippen LogP contribution >= 0.6 is 0 Å². The fourth-order valence-electron chi connectivity index (χ4n) is 6.28. The van der Waals surface area contributed by atoms with Crippen molar-refractivity contribution in [3.8, 4) is 40.1 Å². The SMILES string of the molecule is CC1OC(Oc2cc(O)c3c(=O)c(OC4O[C@H](CO)[C@@H](O)[C@H](O)[C@H]4OC4O[C@H](CO)[C@@H](O)[C@H](O)[C@H]4O)c(-c4ccc(O)c(O)c4)oc3c2)[C@H](O)[C@H](O)[C@H]1O. The predicted octanol–water partition coefficient (Wildman–Crippen LogP) is -4.21. The Morgan fingerprint density at radius 2 is 1.24 bits per heavy atom. The molecule has 54 heavy (non-hydrogen) atoms. The van der Waals surface area contributed by atoms with Crippen LogP contribution in [-0.2, 0) is 18.9 Å². The van der Waals surface area contributed by atoms with Gasteiger partial charge in [0.05, 0.1) is 19.3 Å². The number of phenols is 3. The molecule has 3 saturated heterocycles. The monoisotopic (exact) mass is 772 g/mol. The summed E-state index contributed by atoms with van der Waals surface area (Å²) in [6.07, 6.45) is -26.0. The van der Waals surface area contributed by atoms with Gasteiger partial charge in [0.2, 0.25) is 23.8 Å². The predicted molar refractivity (Wildman–Crippen MR) is 173 cm³/mol. The quantitative estimate of drug-likeness (QED) is 0.0917. The summed E-state index contributed by atoms with van der Waals surface area (Å²) in [7, 11) is 0. The van der Waals surface area contributed by atoms with Crippen LogP contribution in [0.4, 0.5) is 0 Å². The molecule has 1 aromatic heterocycles. The average molecular weight is 773 g/mol. The maximum absolute atomic E-state index is 14.2. The molecule has 6 rings (SSSR count). The first-order valence-electron chi connectivity index (χ1n) is 16.5. The third-order valence-corrected chi connectivity index (χ3v) is 9.40. The Morgan fingerprint density at radius 3 is 1.89 bits per heavy atom. The molecule has 0 spiro atoms. The highest BCUT2D eigenvalue weighted by molar-refractivity contribution is 5.88. The zero-order valence-corrected chi connectivity index (χ0v) is 28.0. The molecule has 4 unspecified atom stereocenters. The van der Waals surface area contributed by atoms with E-state index in [1.807, 2.05) is 0 Å². The molecule has 3 fully saturated rings. The van der Waals surface area contributed by atoms with E-state index in [2.05, 4.69) is 0 Å². The van der Waals surface area contributed by atoms with Gasteiger partial charge in [-0.25, -0.2) is 0 Å². The van der Waals surface area contributed by atoms with Crippen LogP contribution in [-0.4, -0.2) is 172 Å². The van der Waals surface area contributed by atoms with E-state index in [4.69, 9.17) is 32.8 Å². The van der Waals surface area contributed by atoms with E-state index in [1.54, 1.807) is 0 Å². The second-order valence-corrected chi connectivity index (χ2v) is 13.0. The van der Waals surface area contributed by atoms with Crippen LogP contribution in [0.2, 0.25) is 0 Å². The molecule has 0 saturated carbocycles. The summed E-state index contributed by atoms with van der Waals surface area (Å²) in [4.78, 5) is 14.2. The van der Waals surface area contributed by atoms with Gasteiger partial charge in [-0.1, -0.05) is 0 Å². The summed E-state index contributed by atoms with van der Waals surface area (Å²) in [5, 5.41) is 134. The lowest BCUT2D eigenvalue weighted by Gasteiger charge is -2.45. The number of benzene rings is 2. The number of aliphatic hydroxyl groups is 10. The van der Waals surface area contributed by atoms with Crippen molar-refractivity contribution in [3.05, 3.63) is 40.6 Å². The third-order valence-electron chi connectivity index (χ3n) is 9.40. The topological polar surface area (TPSA) is 349 Å². The van der Waals surface area contributed by atoms with Crippen LogP contribution in [0.3, 0.4) is 0 Å². The molecule has 3 aliphatic heterocycles. The lowest BCUT2D eigenvalue weighted by Crippen LogP contribution is -2.65. The van der Waals surface area contributed by atoms with Gasteiger partial charge in [0.1, 0.15) is 83.5 Å². The van der Waals surface area contributed by atoms with Crippen molar-refractivity contribution in [1.82, 2.24) is 0 Å². The number of phenolic OH excluding ortho intramolecular Hbond substituents is 3. The molecule has 21 nitrogen and oxygen atoms in total. The largest absolute Gasteiger partial charge is 0.507 e. The summed E-state index contributed by atoms with van der Waals surface area (Å²) >= 11 is 0. The van der Waals surface area contributed by atoms with Gasteiger partial charge in [-0.3, -0.25) is 4.79 Å². The van der Waals surface area contributed by atoms with E-state index >= 15 is 0 Å². The van der Waals surface area contributed by atoms with E-state index in [1.165, 1.54) is 13.0 Å². The highest BCUT2D eigenvalue weighted by atomic mass is 16.8. The van der Waals surface area contributed by atoms with Crippen LogP contribution in [0, 0.1) is 0 Å². The maximum atomic E-state index is 14.2. The highest BCUT2D eigenvalue weighted by Gasteiger charge is 2.52. The van der Waals surface area contributed by atoms with Crippen molar-refractivity contribution in [2.45, 2.75) is 99.0 Å². The molecule has 2 aromatic carbocycles. The Morgan fingerprint density at radius 1 is 0.630 bits per heavy atom. The molecular weight excluding hydrogens is 732 g/mol. The molecule has 21 heteroatoms. The maximum Gasteiger partial charge on any atom is 0.239 e. The van der Waals surface area contributed by atoms with Crippen molar-refractivity contribution in [2.24, 2.45) is 0 Å². The summed E-state index contributed by atoms with van der Waals surface area (Å²) < 4.78 is 39.7. The molecule has 3 aliphatic rings. The van der Waals surface area contributed by atoms with Crippen molar-refractivity contribution in [2.75, 3.05) is 13.2 Å². The molecule has 3 aromatic rings. The van der Waals surface area contributed by atoms with E-state index in [0.717, 1.165) is 24.3 Å². The van der Waals surface area contributed by atoms with Crippen molar-refractivity contribution in [3.63, 3.8) is 0 Å². The molecule has 0 bridgehead atoms. The molecule has 15 atom stereocenters. The van der Waals surface area contributed by atoms with Gasteiger partial charge in [-0.15, -0.1) is 0 Å². The van der Waals surface area contributed by atoms with Gasteiger partial charge in [-0.05, 0) is 25.1 Å². The Kier molecular flexibility index (Phi) is 11.5. The Bertz CT molecular complexity index is 1850. The van der Waals surface area contributed by atoms with Crippen molar-refractivity contribution < 1.29 is 99.2 Å². The van der Waals surface area contributed by atoms with Gasteiger partial charge in [0.25, 0.3) is 0 Å². The van der Waals surface area contributed by atoms with Gasteiger partial charge < -0.3 is 99.2 Å². The molecule has 0 amide bonds. The van der Waals surface area contributed by atoms with E-state index in [9.17, 15) is 71.2 Å². The second kappa shape index (κ2) is 15.7. The molecule has 298 valence electrons. The smallest absolute Gasteiger partial charge is 0.239 e. The summed E-state index contributed by atoms with van der Waals surface area (Å²) in [5.41, 5.74) is -1.67. The first-order valence-corrected chi connectivity index (χ1v) is 16.5. The minimum absolute atomic E-state index is 0.136. The summed E-state index contributed by atoms with van der Waals surface area (Å²) in [6.45, 7) is -0.348. The fraction of sp³-hybridized carbons (Fsp3) is 0.545. The lowest BCUT2D eigenvalue weighted by atomic mass is 9.97. The van der Waals surface area contributed by atoms with Crippen LogP contribution in [0.15, 0.2) is 39.5 Å². The fourth-order valence-corrected chi connectivity index (χ4v) is 6.28. The van der Waals surface area contributed by atoms with Crippen LogP contribution < -0.4 is 14.9 Å². The summed E-state index contributed by atoms with van der Waals surface area (Å²) in [6, 6.07) is 5.20. The molecule has 0 aliphatic carbocycles. The highest BCUT2D eigenvalue weighted by Crippen LogP contribution is 2.41. The third kappa shape index (κ3) is 7.27. The van der Waals surface area contributed by atoms with Crippen LogP contribution in [0.1, 0.15) is 6.92 Å². The minimum atomic E-state index is -2.03. The first-order chi connectivity index (χ1) is 25.6. The van der Waals surface area contributed by atoms with E-state index in [0.29, 0.717) is 0 Å². The summed E-state index contributed by atoms with van der Waals surface area (Å²) in [5.74, 6) is -3.63. The normalized spacial score (nSPS) is 37.3. The second-order valence-electron chi connectivity index (χ2n) is 13.0. The molecule has 0 radical (unpaired) electrons. The lowest BCUT2D eigenvalue weighted by molar-refractivity contribution is -0.358. The van der Waals surface area contributed by atoms with Crippen molar-refractivity contribution >= 4 is 11.0 Å². The van der Waals surface area contributed by atoms with Gasteiger partial charge in [0.15, 0.2) is 29.7 Å². The molecular formula is C33H40O21. The van der Waals surface area contributed by atoms with Gasteiger partial charge in [0, 0.05) is 17.7 Å². The number of hydrogen-bond donors (Lipinski definition) is 13. The Labute approximate surface area is 303 Å². The molecule has 13 N–H and O–H groups in total. The number of aromatic hydroxyl groups is 3. The van der Waals surface area contributed by atoms with Crippen LogP contribution in [0.25, 0.3) is 22.3 Å². The average Bonchev–Trinajstić information content (AvgIpc) is 3.14. The zero-order valence-electron chi connectivity index (χ0n) is 28.0. The number of aliphatic hydroxyl groups excluding tert-OH is 10. The number of hydrogen-bond acceptors (Lipinski definition) is 21. The first kappa shape index (κ1) is 39.8. The van der Waals surface area contributed by atoms with Crippen molar-refractivity contribution in [1.29, 1.82) is 0 Å². The van der Waals surface area contributed by atoms with Crippen LogP contribution in [0.5, 0.6) is 28.7 Å². The number of fused-ring (bicyclic) bond motifs is 1. The number of ether oxygens (including phenoxy) is 6. The Balaban J connectivity index is 1.43. The molecule has 4 heterocycles. The standard InChI is InChI=1S/C33H40O21/c1-9-19(39)23(43)26(46)31(48-9)49-11-5-14(38)18-15(6-11)50-28(10-2-3-12(36)13(37)4-10)29(22(18)42)53-33-30(25(45)21(41)17(8-35)52-33)54-32-27(47)24(44)20(40)16(7-34)51-32/h2-6,9,16-17,19-21,23-27,30-41,43-47H,7-8H2,1H3/t9?,16-,17-,19+,20-,21-,23-,24+,25+,26-,27-,30-,31?,32?,33?/m1/s1. The van der Waals surface area contributed by atoms with Gasteiger partial charge >= 0.3 is 0 Å². The minimum Gasteiger partial charge on any atom is -0.507 e. The Hall–Kier alpha value is -3.91. The number of rotatable bonds is 9. The zero-order chi connectivity index (χ0) is 39.3. The van der Waals surface area contributed by atoms with Gasteiger partial charge in [-0.2, -0.15) is 0 Å². The van der Waals surface area contributed by atoms with E-state index < -0.39 is 150 Å². The van der Waals surface area contributed by atoms with E-state index in [-0.39, 0.29) is 11.3 Å².